The smallest absolute Gasteiger partial charge is 1.00 e. The van der Waals surface area contributed by atoms with Crippen molar-refractivity contribution in [2.75, 3.05) is 5.32 Å². The molecule has 0 radical (unpaired) electrons. The predicted octanol–water partition coefficient (Wildman–Crippen LogP) is 1.54. The third-order valence-corrected chi connectivity index (χ3v) is 13.3. The van der Waals surface area contributed by atoms with Gasteiger partial charge in [0.05, 0.1) is 10.8 Å². The van der Waals surface area contributed by atoms with Gasteiger partial charge in [0, 0.05) is 40.0 Å². The van der Waals surface area contributed by atoms with E-state index in [4.69, 9.17) is 44.0 Å². The van der Waals surface area contributed by atoms with Crippen LogP contribution < -0.4 is 131 Å². The first kappa shape index (κ1) is 56.7. The van der Waals surface area contributed by atoms with Crippen molar-refractivity contribution < 1.29 is 124 Å². The largest absolute Gasteiger partial charge is 1.00 e. The summed E-state index contributed by atoms with van der Waals surface area (Å²) in [6.07, 6.45) is 19.2. The summed E-state index contributed by atoms with van der Waals surface area (Å²) in [6.45, 7) is 12.6. The molecule has 0 unspecified atom stereocenters. The number of carbonyl (C=O) groups is 1. The average molecular weight is 914 g/mol. The third-order valence-electron chi connectivity index (χ3n) is 10.6. The number of carbonyl (C=O) groups excluding carboxylic acids is 1. The third kappa shape index (κ3) is 17.7. The van der Waals surface area contributed by atoms with Gasteiger partial charge in [0.1, 0.15) is 33.3 Å². The monoisotopic (exact) mass is 912 g/mol. The van der Waals surface area contributed by atoms with Crippen LogP contribution in [0.25, 0.3) is 20.4 Å². The van der Waals surface area contributed by atoms with Gasteiger partial charge in [0.15, 0.2) is 0 Å². The number of anilines is 1. The molecule has 4 aliphatic rings. The Labute approximate surface area is 446 Å². The van der Waals surface area contributed by atoms with Gasteiger partial charge in [-0.05, 0) is 126 Å². The summed E-state index contributed by atoms with van der Waals surface area (Å²) in [5.74, 6) is 1.05. The van der Waals surface area contributed by atoms with Crippen LogP contribution in [0.4, 0.5) is 5.82 Å². The molecule has 4 aromatic rings. The van der Waals surface area contributed by atoms with Crippen molar-refractivity contribution in [3.8, 4) is 0 Å². The molecule has 316 valence electrons. The number of aliphatic hydroxyl groups excluding tert-OH is 1. The van der Waals surface area contributed by atoms with Gasteiger partial charge in [-0.3, -0.25) is 4.79 Å². The van der Waals surface area contributed by atoms with Crippen LogP contribution in [-0.4, -0.2) is 61.8 Å². The molecule has 12 nitrogen and oxygen atoms in total. The SMILES string of the molecule is C.CC(C)O.CC1(C)CCc2sc3ncnc(Cl)c3c2C1.CC1(C)CCc2sc3ncnc(NC4CCC(N)CC4)c3c2C1.NC1CCC(N)CC1.O=CO[O-].[H-].[K+].[K+]. The number of fused-ring (bicyclic) bond motifs is 6. The van der Waals surface area contributed by atoms with Gasteiger partial charge in [-0.1, -0.05) is 46.7 Å². The minimum atomic E-state index is -0.181. The molecule has 8 rings (SSSR count). The number of nitrogens with zero attached hydrogens (tertiary/aromatic N) is 4. The molecule has 4 aromatic heterocycles. The van der Waals surface area contributed by atoms with Gasteiger partial charge in [-0.2, -0.15) is 0 Å². The molecule has 8 N–H and O–H groups in total. The summed E-state index contributed by atoms with van der Waals surface area (Å²) in [5, 5.41) is 23.2. The van der Waals surface area contributed by atoms with Gasteiger partial charge in [-0.25, -0.2) is 19.9 Å². The average Bonchev–Trinajstić information content (AvgIpc) is 3.68. The summed E-state index contributed by atoms with van der Waals surface area (Å²) in [5.41, 5.74) is 21.0. The van der Waals surface area contributed by atoms with Crippen molar-refractivity contribution >= 4 is 67.0 Å². The summed E-state index contributed by atoms with van der Waals surface area (Å²) in [4.78, 5) is 34.0. The second-order valence-corrected chi connectivity index (χ2v) is 19.7. The van der Waals surface area contributed by atoms with Gasteiger partial charge in [-0.15, -0.1) is 22.7 Å². The van der Waals surface area contributed by atoms with E-state index >= 15 is 0 Å². The second kappa shape index (κ2) is 27.1. The Kier molecular flexibility index (Phi) is 26.5. The first-order valence-corrected chi connectivity index (χ1v) is 21.6. The van der Waals surface area contributed by atoms with Crippen LogP contribution in [0.1, 0.15) is 135 Å². The van der Waals surface area contributed by atoms with E-state index in [1.165, 1.54) is 45.5 Å². The van der Waals surface area contributed by atoms with Crippen LogP contribution in [0.5, 0.6) is 0 Å². The molecule has 4 aliphatic carbocycles. The zero-order valence-corrected chi connectivity index (χ0v) is 44.0. The van der Waals surface area contributed by atoms with Crippen LogP contribution in [0.15, 0.2) is 12.7 Å². The van der Waals surface area contributed by atoms with E-state index in [0.29, 0.717) is 40.2 Å². The van der Waals surface area contributed by atoms with Crippen molar-refractivity contribution in [2.45, 2.75) is 169 Å². The van der Waals surface area contributed by atoms with Crippen molar-refractivity contribution in [1.82, 2.24) is 19.9 Å². The normalized spacial score (nSPS) is 22.3. The summed E-state index contributed by atoms with van der Waals surface area (Å²) < 4.78 is 0. The molecule has 0 bridgehead atoms. The molecular formula is C41H67ClK2N8O4S2. The maximum absolute atomic E-state index is 8.64. The fraction of sp³-hybridized carbons (Fsp3) is 0.683. The molecule has 0 saturated heterocycles. The van der Waals surface area contributed by atoms with E-state index in [-0.39, 0.29) is 124 Å². The number of aliphatic hydroxyl groups is 1. The maximum atomic E-state index is 8.64. The molecule has 17 heteroatoms. The number of nitrogens with one attached hydrogen (secondary N) is 1. The fourth-order valence-corrected chi connectivity index (χ4v) is 10.2. The molecule has 0 aliphatic heterocycles. The molecule has 0 amide bonds. The molecule has 0 atom stereocenters. The van der Waals surface area contributed by atoms with E-state index in [1.807, 2.05) is 11.3 Å². The van der Waals surface area contributed by atoms with Crippen molar-refractivity contribution in [2.24, 2.45) is 28.0 Å². The van der Waals surface area contributed by atoms with E-state index in [9.17, 15) is 0 Å². The minimum absolute atomic E-state index is 0. The van der Waals surface area contributed by atoms with Gasteiger partial charge in [0.2, 0.25) is 0 Å². The van der Waals surface area contributed by atoms with Crippen LogP contribution in [0.2, 0.25) is 5.15 Å². The maximum Gasteiger partial charge on any atom is 1.00 e. The second-order valence-electron chi connectivity index (χ2n) is 17.2. The Morgan fingerprint density at radius 3 is 1.62 bits per heavy atom. The van der Waals surface area contributed by atoms with Crippen molar-refractivity contribution in [3.05, 3.63) is 38.7 Å². The molecule has 58 heavy (non-hydrogen) atoms. The standard InChI is InChI=1S/C18H26N4S.C12H13ClN2S.C6H14N2.C3H8O.CH2O3.CH4.2K.H/c1-18(2)8-7-14-13(9-18)15-16(20-10-21-17(15)23-14)22-12-5-3-11(19)4-6-12;1-12(2)4-3-8-7(5-12)9-10(13)14-6-15-11(9)16-8;7-5-1-2-6(8)4-3-5;1-3(2)4;2-1-4-3;;;;/h10-12H,3-9,19H2,1-2H3,(H,20,21,22);6H,3-5H2,1-2H3;5-6H,1-4,7-8H2;3-4H,1-2H3;1,3H;1H4;;;/q;;;;;;2*+1;-1/p-1. The Balaban J connectivity index is 0.000000816. The summed E-state index contributed by atoms with van der Waals surface area (Å²) >= 11 is 9.83. The Bertz CT molecular complexity index is 1810. The molecular weight excluding hydrogens is 846 g/mol. The topological polar surface area (TPSA) is 211 Å². The van der Waals surface area contributed by atoms with Gasteiger partial charge in [0.25, 0.3) is 6.47 Å². The van der Waals surface area contributed by atoms with E-state index in [0.717, 1.165) is 91.5 Å². The fourth-order valence-electron chi connectivity index (χ4n) is 7.56. The molecule has 2 fully saturated rings. The Morgan fingerprint density at radius 1 is 0.810 bits per heavy atom. The van der Waals surface area contributed by atoms with Gasteiger partial charge >= 0.3 is 103 Å². The molecule has 0 aromatic carbocycles. The summed E-state index contributed by atoms with van der Waals surface area (Å²) in [7, 11) is 0. The first-order valence-electron chi connectivity index (χ1n) is 19.6. The molecule has 4 heterocycles. The number of aryl methyl sites for hydroxylation is 2. The summed E-state index contributed by atoms with van der Waals surface area (Å²) in [6, 6.07) is 1.76. The predicted molar refractivity (Wildman–Crippen MR) is 232 cm³/mol. The van der Waals surface area contributed by atoms with E-state index in [1.54, 1.807) is 37.8 Å². The van der Waals surface area contributed by atoms with Gasteiger partial charge < -0.3 is 39.2 Å². The van der Waals surface area contributed by atoms with E-state index < -0.39 is 0 Å². The zero-order chi connectivity index (χ0) is 40.3. The number of rotatable bonds is 3. The number of hydrogen-bond donors (Lipinski definition) is 5. The Hall–Kier alpha value is 0.713. The first-order chi connectivity index (χ1) is 26.0. The van der Waals surface area contributed by atoms with Crippen LogP contribution in [-0.2, 0) is 35.4 Å². The quantitative estimate of drug-likeness (QED) is 0.0652. The Morgan fingerprint density at radius 2 is 1.19 bits per heavy atom. The molecule has 0 spiro atoms. The van der Waals surface area contributed by atoms with Crippen LogP contribution in [0.3, 0.4) is 0 Å². The number of thiophene rings is 2. The zero-order valence-electron chi connectivity index (χ0n) is 36.4. The number of halogens is 1. The minimum Gasteiger partial charge on any atom is -1.00 e. The van der Waals surface area contributed by atoms with Crippen molar-refractivity contribution in [1.29, 1.82) is 0 Å². The van der Waals surface area contributed by atoms with E-state index in [2.05, 4.69) is 57.8 Å². The molecule has 2 saturated carbocycles. The van der Waals surface area contributed by atoms with Crippen molar-refractivity contribution in [3.63, 3.8) is 0 Å². The van der Waals surface area contributed by atoms with Crippen LogP contribution in [0, 0.1) is 10.8 Å². The number of hydrogen-bond acceptors (Lipinski definition) is 14. The van der Waals surface area contributed by atoms with Crippen LogP contribution >= 0.6 is 34.3 Å². The number of nitrogens with two attached hydrogens (primary N) is 3. The number of aromatic nitrogens is 4.